The number of carbonyl (C=O) groups excluding carboxylic acids is 1. The number of hydrogen-bond donors (Lipinski definition) is 1. The SMILES string of the molecule is CCC(O)(CC)C(=O)Cc1cc(F)cc(F)c1. The fraction of sp³-hybridized carbons (Fsp3) is 0.462. The highest BCUT2D eigenvalue weighted by molar-refractivity contribution is 5.88. The zero-order valence-electron chi connectivity index (χ0n) is 9.96. The second-order valence-electron chi connectivity index (χ2n) is 4.12. The molecule has 0 heterocycles. The number of benzene rings is 1. The molecule has 1 rings (SSSR count). The van der Waals surface area contributed by atoms with E-state index in [1.807, 2.05) is 0 Å². The van der Waals surface area contributed by atoms with Crippen LogP contribution in [0.1, 0.15) is 32.3 Å². The van der Waals surface area contributed by atoms with Crippen LogP contribution in [0.3, 0.4) is 0 Å². The number of Topliss-reactive ketones (excluding diaryl/α,β-unsaturated/α-hetero) is 1. The summed E-state index contributed by atoms with van der Waals surface area (Å²) in [5.74, 6) is -1.85. The zero-order valence-corrected chi connectivity index (χ0v) is 9.96. The number of ketones is 1. The Morgan fingerprint density at radius 1 is 1.18 bits per heavy atom. The summed E-state index contributed by atoms with van der Waals surface area (Å²) in [6.45, 7) is 3.40. The van der Waals surface area contributed by atoms with E-state index in [1.165, 1.54) is 0 Å². The molecule has 0 aliphatic carbocycles. The van der Waals surface area contributed by atoms with Gasteiger partial charge in [0.25, 0.3) is 0 Å². The average Bonchev–Trinajstić information content (AvgIpc) is 2.26. The van der Waals surface area contributed by atoms with E-state index < -0.39 is 23.0 Å². The van der Waals surface area contributed by atoms with Gasteiger partial charge in [0.15, 0.2) is 5.78 Å². The van der Waals surface area contributed by atoms with E-state index in [9.17, 15) is 18.7 Å². The normalized spacial score (nSPS) is 11.6. The first kappa shape index (κ1) is 13.8. The maximum Gasteiger partial charge on any atom is 0.168 e. The lowest BCUT2D eigenvalue weighted by Crippen LogP contribution is -2.38. The average molecular weight is 242 g/mol. The monoisotopic (exact) mass is 242 g/mol. The Balaban J connectivity index is 2.87. The summed E-state index contributed by atoms with van der Waals surface area (Å²) in [4.78, 5) is 11.8. The van der Waals surface area contributed by atoms with Crippen molar-refractivity contribution in [3.8, 4) is 0 Å². The number of halogens is 2. The lowest BCUT2D eigenvalue weighted by Gasteiger charge is -2.23. The van der Waals surface area contributed by atoms with Crippen LogP contribution in [-0.2, 0) is 11.2 Å². The molecule has 1 aromatic rings. The first-order chi connectivity index (χ1) is 7.91. The molecule has 94 valence electrons. The molecule has 0 aromatic heterocycles. The Morgan fingerprint density at radius 3 is 2.06 bits per heavy atom. The smallest absolute Gasteiger partial charge is 0.168 e. The third-order valence-electron chi connectivity index (χ3n) is 2.98. The lowest BCUT2D eigenvalue weighted by molar-refractivity contribution is -0.137. The second-order valence-corrected chi connectivity index (χ2v) is 4.12. The van der Waals surface area contributed by atoms with Gasteiger partial charge in [-0.1, -0.05) is 13.8 Å². The van der Waals surface area contributed by atoms with Gasteiger partial charge in [0.05, 0.1) is 0 Å². The Bertz CT molecular complexity index is 392. The molecule has 4 heteroatoms. The Morgan fingerprint density at radius 2 is 1.65 bits per heavy atom. The minimum Gasteiger partial charge on any atom is -0.382 e. The van der Waals surface area contributed by atoms with Crippen LogP contribution < -0.4 is 0 Å². The van der Waals surface area contributed by atoms with Gasteiger partial charge in [-0.15, -0.1) is 0 Å². The largest absolute Gasteiger partial charge is 0.382 e. The molecule has 0 saturated carbocycles. The van der Waals surface area contributed by atoms with Gasteiger partial charge in [0, 0.05) is 12.5 Å². The summed E-state index contributed by atoms with van der Waals surface area (Å²) >= 11 is 0. The summed E-state index contributed by atoms with van der Waals surface area (Å²) in [5, 5.41) is 9.96. The maximum atomic E-state index is 12.9. The van der Waals surface area contributed by atoms with Gasteiger partial charge in [-0.05, 0) is 30.5 Å². The molecule has 0 atom stereocenters. The molecule has 0 spiro atoms. The number of aliphatic hydroxyl groups is 1. The fourth-order valence-electron chi connectivity index (χ4n) is 1.71. The van der Waals surface area contributed by atoms with Crippen LogP contribution in [0.25, 0.3) is 0 Å². The molecule has 17 heavy (non-hydrogen) atoms. The maximum absolute atomic E-state index is 12.9. The molecule has 1 N–H and O–H groups in total. The van der Waals surface area contributed by atoms with Gasteiger partial charge < -0.3 is 5.11 Å². The first-order valence-corrected chi connectivity index (χ1v) is 5.62. The third kappa shape index (κ3) is 3.33. The predicted molar refractivity (Wildman–Crippen MR) is 60.6 cm³/mol. The van der Waals surface area contributed by atoms with Crippen LogP contribution in [0.5, 0.6) is 0 Å². The van der Waals surface area contributed by atoms with Gasteiger partial charge in [0.1, 0.15) is 17.2 Å². The standard InChI is InChI=1S/C13H16F2O2/c1-3-13(17,4-2)12(16)7-9-5-10(14)8-11(15)6-9/h5-6,8,17H,3-4,7H2,1-2H3. The molecule has 0 bridgehead atoms. The van der Waals surface area contributed by atoms with Gasteiger partial charge in [-0.25, -0.2) is 8.78 Å². The Hall–Kier alpha value is -1.29. The summed E-state index contributed by atoms with van der Waals surface area (Å²) < 4.78 is 25.8. The van der Waals surface area contributed by atoms with E-state index in [0.29, 0.717) is 12.8 Å². The van der Waals surface area contributed by atoms with Crippen molar-refractivity contribution in [2.75, 3.05) is 0 Å². The van der Waals surface area contributed by atoms with Crippen molar-refractivity contribution >= 4 is 5.78 Å². The highest BCUT2D eigenvalue weighted by Crippen LogP contribution is 2.19. The predicted octanol–water partition coefficient (Wildman–Crippen LogP) is 2.63. The Kier molecular flexibility index (Phi) is 4.34. The fourth-order valence-corrected chi connectivity index (χ4v) is 1.71. The van der Waals surface area contributed by atoms with E-state index in [1.54, 1.807) is 13.8 Å². The minimum atomic E-state index is -1.40. The van der Waals surface area contributed by atoms with Crippen LogP contribution >= 0.6 is 0 Å². The molecule has 0 unspecified atom stereocenters. The zero-order chi connectivity index (χ0) is 13.1. The first-order valence-electron chi connectivity index (χ1n) is 5.62. The lowest BCUT2D eigenvalue weighted by atomic mass is 9.88. The van der Waals surface area contributed by atoms with Crippen molar-refractivity contribution in [3.63, 3.8) is 0 Å². The summed E-state index contributed by atoms with van der Waals surface area (Å²) in [6, 6.07) is 2.96. The molecule has 0 aliphatic rings. The topological polar surface area (TPSA) is 37.3 Å². The van der Waals surface area contributed by atoms with Crippen LogP contribution in [-0.4, -0.2) is 16.5 Å². The molecule has 0 saturated heterocycles. The highest BCUT2D eigenvalue weighted by atomic mass is 19.1. The van der Waals surface area contributed by atoms with Gasteiger partial charge in [0.2, 0.25) is 0 Å². The number of rotatable bonds is 5. The van der Waals surface area contributed by atoms with Crippen LogP contribution in [0.2, 0.25) is 0 Å². The van der Waals surface area contributed by atoms with Crippen LogP contribution in [0.15, 0.2) is 18.2 Å². The molecular formula is C13H16F2O2. The van der Waals surface area contributed by atoms with E-state index in [0.717, 1.165) is 18.2 Å². The van der Waals surface area contributed by atoms with Crippen LogP contribution in [0, 0.1) is 11.6 Å². The quantitative estimate of drug-likeness (QED) is 0.861. The van der Waals surface area contributed by atoms with Crippen molar-refractivity contribution in [1.82, 2.24) is 0 Å². The third-order valence-corrected chi connectivity index (χ3v) is 2.98. The molecule has 0 radical (unpaired) electrons. The summed E-state index contributed by atoms with van der Waals surface area (Å²) in [7, 11) is 0. The van der Waals surface area contributed by atoms with Crippen molar-refractivity contribution < 1.29 is 18.7 Å². The molecule has 2 nitrogen and oxygen atoms in total. The molecule has 0 aliphatic heterocycles. The van der Waals surface area contributed by atoms with Gasteiger partial charge in [-0.2, -0.15) is 0 Å². The van der Waals surface area contributed by atoms with E-state index >= 15 is 0 Å². The van der Waals surface area contributed by atoms with Crippen molar-refractivity contribution in [2.24, 2.45) is 0 Å². The van der Waals surface area contributed by atoms with Crippen LogP contribution in [0.4, 0.5) is 8.78 Å². The number of hydrogen-bond acceptors (Lipinski definition) is 2. The molecule has 0 fully saturated rings. The highest BCUT2D eigenvalue weighted by Gasteiger charge is 2.31. The van der Waals surface area contributed by atoms with Crippen molar-refractivity contribution in [3.05, 3.63) is 35.4 Å². The summed E-state index contributed by atoms with van der Waals surface area (Å²) in [6.07, 6.45) is 0.424. The minimum absolute atomic E-state index is 0.160. The Labute approximate surface area is 99.3 Å². The van der Waals surface area contributed by atoms with E-state index in [-0.39, 0.29) is 12.0 Å². The molecule has 0 amide bonds. The van der Waals surface area contributed by atoms with E-state index in [2.05, 4.69) is 0 Å². The van der Waals surface area contributed by atoms with E-state index in [4.69, 9.17) is 0 Å². The molecular weight excluding hydrogens is 226 g/mol. The summed E-state index contributed by atoms with van der Waals surface area (Å²) in [5.41, 5.74) is -1.16. The van der Waals surface area contributed by atoms with Crippen molar-refractivity contribution in [2.45, 2.75) is 38.7 Å². The number of carbonyl (C=O) groups is 1. The van der Waals surface area contributed by atoms with Gasteiger partial charge >= 0.3 is 0 Å². The van der Waals surface area contributed by atoms with Crippen molar-refractivity contribution in [1.29, 1.82) is 0 Å². The van der Waals surface area contributed by atoms with Gasteiger partial charge in [-0.3, -0.25) is 4.79 Å². The molecule has 1 aromatic carbocycles. The second kappa shape index (κ2) is 5.36.